The first-order chi connectivity index (χ1) is 8.42. The summed E-state index contributed by atoms with van der Waals surface area (Å²) >= 11 is 0. The van der Waals surface area contributed by atoms with Gasteiger partial charge in [-0.25, -0.2) is 0 Å². The number of rotatable bonds is 5. The number of amides is 1. The molecule has 0 aliphatic carbocycles. The van der Waals surface area contributed by atoms with Gasteiger partial charge in [0.1, 0.15) is 0 Å². The van der Waals surface area contributed by atoms with Crippen molar-refractivity contribution in [3.05, 3.63) is 0 Å². The van der Waals surface area contributed by atoms with Crippen LogP contribution in [0.4, 0.5) is 0 Å². The third kappa shape index (κ3) is 5.83. The standard InChI is InChI=1S/C14H29N3O/c1-14(2,3)6-8-16-13(18)12-4-9-17(10-5-12)11-7-15/h12H,4-11,15H2,1-3H3,(H,16,18). The van der Waals surface area contributed by atoms with Crippen LogP contribution in [0.15, 0.2) is 0 Å². The van der Waals surface area contributed by atoms with Crippen molar-refractivity contribution in [2.45, 2.75) is 40.0 Å². The van der Waals surface area contributed by atoms with Gasteiger partial charge in [-0.15, -0.1) is 0 Å². The van der Waals surface area contributed by atoms with Gasteiger partial charge < -0.3 is 16.0 Å². The van der Waals surface area contributed by atoms with E-state index in [1.807, 2.05) is 0 Å². The van der Waals surface area contributed by atoms with Crippen LogP contribution in [0.1, 0.15) is 40.0 Å². The van der Waals surface area contributed by atoms with Crippen LogP contribution in [0, 0.1) is 11.3 Å². The predicted molar refractivity (Wildman–Crippen MR) is 75.3 cm³/mol. The zero-order valence-corrected chi connectivity index (χ0v) is 12.2. The van der Waals surface area contributed by atoms with Gasteiger partial charge in [0, 0.05) is 25.6 Å². The van der Waals surface area contributed by atoms with Crippen molar-refractivity contribution in [1.29, 1.82) is 0 Å². The lowest BCUT2D eigenvalue weighted by Gasteiger charge is -2.31. The van der Waals surface area contributed by atoms with E-state index in [0.29, 0.717) is 6.54 Å². The summed E-state index contributed by atoms with van der Waals surface area (Å²) in [4.78, 5) is 14.3. The molecule has 1 fully saturated rings. The van der Waals surface area contributed by atoms with E-state index in [1.54, 1.807) is 0 Å². The van der Waals surface area contributed by atoms with Gasteiger partial charge in [0.15, 0.2) is 0 Å². The number of nitrogens with zero attached hydrogens (tertiary/aromatic N) is 1. The van der Waals surface area contributed by atoms with Crippen molar-refractivity contribution in [3.8, 4) is 0 Å². The van der Waals surface area contributed by atoms with E-state index in [2.05, 4.69) is 31.0 Å². The van der Waals surface area contributed by atoms with Crippen LogP contribution in [0.5, 0.6) is 0 Å². The van der Waals surface area contributed by atoms with Gasteiger partial charge in [0.2, 0.25) is 5.91 Å². The van der Waals surface area contributed by atoms with Crippen molar-refractivity contribution < 1.29 is 4.79 Å². The van der Waals surface area contributed by atoms with E-state index in [1.165, 1.54) is 0 Å². The average molecular weight is 255 g/mol. The third-order valence-corrected chi connectivity index (χ3v) is 3.58. The normalized spacial score (nSPS) is 18.9. The van der Waals surface area contributed by atoms with Crippen LogP contribution in [0.3, 0.4) is 0 Å². The fraction of sp³-hybridized carbons (Fsp3) is 0.929. The Hall–Kier alpha value is -0.610. The minimum Gasteiger partial charge on any atom is -0.356 e. The van der Waals surface area contributed by atoms with Gasteiger partial charge in [-0.3, -0.25) is 4.79 Å². The van der Waals surface area contributed by atoms with E-state index in [0.717, 1.165) is 45.4 Å². The molecule has 0 radical (unpaired) electrons. The summed E-state index contributed by atoms with van der Waals surface area (Å²) in [5, 5.41) is 3.07. The molecule has 0 aromatic rings. The number of piperidine rings is 1. The molecule has 4 heteroatoms. The summed E-state index contributed by atoms with van der Waals surface area (Å²) in [6.07, 6.45) is 2.98. The lowest BCUT2D eigenvalue weighted by molar-refractivity contribution is -0.126. The van der Waals surface area contributed by atoms with E-state index in [9.17, 15) is 4.79 Å². The second-order valence-electron chi connectivity index (χ2n) is 6.51. The number of carbonyl (C=O) groups is 1. The Bertz CT molecular complexity index is 252. The molecular weight excluding hydrogens is 226 g/mol. The third-order valence-electron chi connectivity index (χ3n) is 3.58. The number of nitrogens with one attached hydrogen (secondary N) is 1. The van der Waals surface area contributed by atoms with Crippen LogP contribution < -0.4 is 11.1 Å². The average Bonchev–Trinajstić information content (AvgIpc) is 2.28. The van der Waals surface area contributed by atoms with Crippen LogP contribution in [-0.4, -0.2) is 43.5 Å². The lowest BCUT2D eigenvalue weighted by atomic mass is 9.92. The number of hydrogen-bond donors (Lipinski definition) is 2. The molecule has 1 aliphatic heterocycles. The Morgan fingerprint density at radius 1 is 1.33 bits per heavy atom. The summed E-state index contributed by atoms with van der Waals surface area (Å²) in [6, 6.07) is 0. The quantitative estimate of drug-likeness (QED) is 0.776. The fourth-order valence-electron chi connectivity index (χ4n) is 2.31. The van der Waals surface area contributed by atoms with E-state index in [4.69, 9.17) is 5.73 Å². The second-order valence-corrected chi connectivity index (χ2v) is 6.51. The van der Waals surface area contributed by atoms with Gasteiger partial charge in [-0.1, -0.05) is 20.8 Å². The molecule has 0 unspecified atom stereocenters. The maximum Gasteiger partial charge on any atom is 0.223 e. The van der Waals surface area contributed by atoms with Gasteiger partial charge in [0.05, 0.1) is 0 Å². The minimum atomic E-state index is 0.207. The highest BCUT2D eigenvalue weighted by Crippen LogP contribution is 2.19. The minimum absolute atomic E-state index is 0.207. The number of carbonyl (C=O) groups excluding carboxylic acids is 1. The summed E-state index contributed by atoms with van der Waals surface area (Å²) in [5.41, 5.74) is 5.83. The number of nitrogens with two attached hydrogens (primary N) is 1. The molecule has 0 bridgehead atoms. The smallest absolute Gasteiger partial charge is 0.223 e. The van der Waals surface area contributed by atoms with Gasteiger partial charge in [0.25, 0.3) is 0 Å². The molecule has 0 aromatic carbocycles. The fourth-order valence-corrected chi connectivity index (χ4v) is 2.31. The summed E-state index contributed by atoms with van der Waals surface area (Å²) in [6.45, 7) is 11.1. The zero-order chi connectivity index (χ0) is 13.6. The SMILES string of the molecule is CC(C)(C)CCNC(=O)C1CCN(CCN)CC1. The highest BCUT2D eigenvalue weighted by atomic mass is 16.1. The van der Waals surface area contributed by atoms with Crippen LogP contribution >= 0.6 is 0 Å². The van der Waals surface area contributed by atoms with Gasteiger partial charge >= 0.3 is 0 Å². The Morgan fingerprint density at radius 2 is 1.94 bits per heavy atom. The first-order valence-electron chi connectivity index (χ1n) is 7.12. The summed E-state index contributed by atoms with van der Waals surface area (Å²) in [7, 11) is 0. The first-order valence-corrected chi connectivity index (χ1v) is 7.12. The maximum absolute atomic E-state index is 12.0. The first kappa shape index (κ1) is 15.4. The van der Waals surface area contributed by atoms with Crippen molar-refractivity contribution in [2.24, 2.45) is 17.1 Å². The molecule has 18 heavy (non-hydrogen) atoms. The Kier molecular flexibility index (Phi) is 6.09. The predicted octanol–water partition coefficient (Wildman–Crippen LogP) is 1.21. The molecule has 0 atom stereocenters. The summed E-state index contributed by atoms with van der Waals surface area (Å²) in [5.74, 6) is 0.450. The highest BCUT2D eigenvalue weighted by Gasteiger charge is 2.24. The maximum atomic E-state index is 12.0. The number of hydrogen-bond acceptors (Lipinski definition) is 3. The van der Waals surface area contributed by atoms with Gasteiger partial charge in [-0.05, 0) is 37.8 Å². The molecule has 1 aliphatic rings. The van der Waals surface area contributed by atoms with Crippen molar-refractivity contribution in [1.82, 2.24) is 10.2 Å². The molecule has 1 saturated heterocycles. The highest BCUT2D eigenvalue weighted by molar-refractivity contribution is 5.78. The van der Waals surface area contributed by atoms with E-state index in [-0.39, 0.29) is 17.2 Å². The lowest BCUT2D eigenvalue weighted by Crippen LogP contribution is -2.42. The van der Waals surface area contributed by atoms with Crippen molar-refractivity contribution in [2.75, 3.05) is 32.7 Å². The molecule has 0 saturated carbocycles. The monoisotopic (exact) mass is 255 g/mol. The summed E-state index contributed by atoms with van der Waals surface area (Å²) < 4.78 is 0. The molecule has 1 rings (SSSR count). The molecular formula is C14H29N3O. The molecule has 0 aromatic heterocycles. The molecule has 0 spiro atoms. The van der Waals surface area contributed by atoms with Crippen molar-refractivity contribution in [3.63, 3.8) is 0 Å². The molecule has 3 N–H and O–H groups in total. The Morgan fingerprint density at radius 3 is 2.44 bits per heavy atom. The Balaban J connectivity index is 2.20. The van der Waals surface area contributed by atoms with E-state index >= 15 is 0 Å². The molecule has 4 nitrogen and oxygen atoms in total. The molecule has 106 valence electrons. The topological polar surface area (TPSA) is 58.4 Å². The van der Waals surface area contributed by atoms with Crippen LogP contribution in [0.2, 0.25) is 0 Å². The van der Waals surface area contributed by atoms with Gasteiger partial charge in [-0.2, -0.15) is 0 Å². The van der Waals surface area contributed by atoms with Crippen molar-refractivity contribution >= 4 is 5.91 Å². The van der Waals surface area contributed by atoms with Crippen LogP contribution in [-0.2, 0) is 4.79 Å². The number of likely N-dealkylation sites (tertiary alicyclic amines) is 1. The molecule has 1 heterocycles. The van der Waals surface area contributed by atoms with E-state index < -0.39 is 0 Å². The van der Waals surface area contributed by atoms with Crippen LogP contribution in [0.25, 0.3) is 0 Å². The Labute approximate surface area is 111 Å². The second kappa shape index (κ2) is 7.10. The molecule has 1 amide bonds. The largest absolute Gasteiger partial charge is 0.356 e. The zero-order valence-electron chi connectivity index (χ0n) is 12.2.